The summed E-state index contributed by atoms with van der Waals surface area (Å²) in [6.45, 7) is 4.17. The summed E-state index contributed by atoms with van der Waals surface area (Å²) >= 11 is 0. The molecule has 0 fully saturated rings. The maximum atomic E-state index is 11.0. The SMILES string of the molecule is CCCCCCCCCCCCCCc1ccccc1OCC(COP(O)OCCC[N+](C)(C)C)OC=O. The standard InChI is InChI=1S/C30H55NO6P/c1-5-6-7-8-9-10-11-12-13-14-15-16-20-28-21-17-18-22-30(28)34-25-29(35-27-32)26-37-38(33)36-24-19-23-31(2,3)4/h17-18,21-22,27,29,33H,5-16,19-20,23-26H2,1-4H3/q+1. The van der Waals surface area contributed by atoms with E-state index in [-0.39, 0.29) is 13.2 Å². The fourth-order valence-corrected chi connectivity index (χ4v) is 4.91. The molecule has 0 bridgehead atoms. The van der Waals surface area contributed by atoms with Gasteiger partial charge in [0.25, 0.3) is 6.47 Å². The fourth-order valence-electron chi connectivity index (χ4n) is 4.26. The number of nitrogens with zero attached hydrogens (tertiary/aromatic N) is 1. The van der Waals surface area contributed by atoms with Gasteiger partial charge in [0.15, 0.2) is 6.10 Å². The second-order valence-electron chi connectivity index (χ2n) is 11.1. The van der Waals surface area contributed by atoms with Gasteiger partial charge in [0.05, 0.1) is 40.9 Å². The van der Waals surface area contributed by atoms with Gasteiger partial charge in [-0.1, -0.05) is 95.8 Å². The third-order valence-corrected chi connectivity index (χ3v) is 7.26. The Labute approximate surface area is 233 Å². The van der Waals surface area contributed by atoms with Gasteiger partial charge in [-0.25, -0.2) is 0 Å². The Kier molecular flexibility index (Phi) is 20.7. The fraction of sp³-hybridized carbons (Fsp3) is 0.767. The van der Waals surface area contributed by atoms with Crippen molar-refractivity contribution in [2.24, 2.45) is 0 Å². The van der Waals surface area contributed by atoms with Gasteiger partial charge in [-0.05, 0) is 24.5 Å². The summed E-state index contributed by atoms with van der Waals surface area (Å²) in [5.74, 6) is 0.804. The van der Waals surface area contributed by atoms with Crippen molar-refractivity contribution >= 4 is 15.1 Å². The van der Waals surface area contributed by atoms with Crippen LogP contribution in [-0.4, -0.2) is 69.5 Å². The zero-order chi connectivity index (χ0) is 27.9. The molecule has 1 rings (SSSR count). The van der Waals surface area contributed by atoms with E-state index in [2.05, 4.69) is 34.1 Å². The number of carbonyl (C=O) groups is 1. The topological polar surface area (TPSA) is 74.2 Å². The molecular weight excluding hydrogens is 501 g/mol. The summed E-state index contributed by atoms with van der Waals surface area (Å²) in [4.78, 5) is 21.0. The lowest BCUT2D eigenvalue weighted by Crippen LogP contribution is -2.35. The molecular formula is C30H55NO6P+. The first-order valence-corrected chi connectivity index (χ1v) is 15.8. The number of benzene rings is 1. The molecule has 1 aromatic rings. The number of quaternary nitrogens is 1. The Morgan fingerprint density at radius 2 is 1.45 bits per heavy atom. The smallest absolute Gasteiger partial charge is 0.329 e. The van der Waals surface area contributed by atoms with Gasteiger partial charge in [0.2, 0.25) is 0 Å². The van der Waals surface area contributed by atoms with Crippen LogP contribution < -0.4 is 4.74 Å². The molecule has 220 valence electrons. The van der Waals surface area contributed by atoms with E-state index in [1.165, 1.54) is 70.6 Å². The first kappa shape index (κ1) is 34.8. The van der Waals surface area contributed by atoms with E-state index in [0.29, 0.717) is 13.1 Å². The summed E-state index contributed by atoms with van der Waals surface area (Å²) < 4.78 is 22.7. The molecule has 0 radical (unpaired) electrons. The van der Waals surface area contributed by atoms with Crippen LogP contribution in [0.3, 0.4) is 0 Å². The maximum absolute atomic E-state index is 11.0. The molecule has 0 aliphatic carbocycles. The normalized spacial score (nSPS) is 13.3. The van der Waals surface area contributed by atoms with Crippen LogP contribution in [0.4, 0.5) is 0 Å². The molecule has 2 unspecified atom stereocenters. The highest BCUT2D eigenvalue weighted by molar-refractivity contribution is 7.40. The Bertz CT molecular complexity index is 700. The summed E-state index contributed by atoms with van der Waals surface area (Å²) in [5, 5.41) is 0. The summed E-state index contributed by atoms with van der Waals surface area (Å²) in [7, 11) is 4.30. The van der Waals surface area contributed by atoms with E-state index in [1.807, 2.05) is 18.2 Å². The summed E-state index contributed by atoms with van der Waals surface area (Å²) in [6.07, 6.45) is 17.1. The molecule has 0 aliphatic heterocycles. The van der Waals surface area contributed by atoms with E-state index < -0.39 is 14.7 Å². The minimum Gasteiger partial charge on any atom is -0.489 e. The van der Waals surface area contributed by atoms with Gasteiger partial charge in [0, 0.05) is 6.42 Å². The Morgan fingerprint density at radius 1 is 0.842 bits per heavy atom. The van der Waals surface area contributed by atoms with E-state index in [0.717, 1.165) is 41.6 Å². The minimum atomic E-state index is -2.02. The number of aryl methyl sites for hydroxylation is 1. The highest BCUT2D eigenvalue weighted by Crippen LogP contribution is 2.33. The quantitative estimate of drug-likeness (QED) is 0.0563. The molecule has 8 heteroatoms. The number of para-hydroxylation sites is 1. The Morgan fingerprint density at radius 3 is 2.05 bits per heavy atom. The van der Waals surface area contributed by atoms with Gasteiger partial charge in [0.1, 0.15) is 12.4 Å². The zero-order valence-corrected chi connectivity index (χ0v) is 25.5. The number of unbranched alkanes of at least 4 members (excludes halogenated alkanes) is 11. The van der Waals surface area contributed by atoms with Crippen molar-refractivity contribution in [1.29, 1.82) is 0 Å². The molecule has 7 nitrogen and oxygen atoms in total. The molecule has 0 saturated heterocycles. The lowest BCUT2D eigenvalue weighted by molar-refractivity contribution is -0.870. The van der Waals surface area contributed by atoms with E-state index in [4.69, 9.17) is 18.5 Å². The molecule has 0 amide bonds. The molecule has 1 aromatic carbocycles. The number of ether oxygens (including phenoxy) is 2. The van der Waals surface area contributed by atoms with Crippen molar-refractivity contribution in [1.82, 2.24) is 0 Å². The van der Waals surface area contributed by atoms with Crippen molar-refractivity contribution < 1.29 is 32.7 Å². The van der Waals surface area contributed by atoms with Crippen molar-refractivity contribution in [3.8, 4) is 5.75 Å². The molecule has 0 saturated carbocycles. The highest BCUT2D eigenvalue weighted by atomic mass is 31.2. The van der Waals surface area contributed by atoms with Crippen LogP contribution in [0.25, 0.3) is 0 Å². The van der Waals surface area contributed by atoms with E-state index in [9.17, 15) is 9.69 Å². The third kappa shape index (κ3) is 19.8. The van der Waals surface area contributed by atoms with E-state index >= 15 is 0 Å². The maximum Gasteiger partial charge on any atom is 0.329 e. The monoisotopic (exact) mass is 556 g/mol. The summed E-state index contributed by atoms with van der Waals surface area (Å²) in [6, 6.07) is 8.02. The lowest BCUT2D eigenvalue weighted by Gasteiger charge is -2.23. The van der Waals surface area contributed by atoms with Crippen LogP contribution in [0.1, 0.15) is 96.0 Å². The van der Waals surface area contributed by atoms with Crippen LogP contribution in [0.5, 0.6) is 5.75 Å². The molecule has 1 N–H and O–H groups in total. The molecule has 38 heavy (non-hydrogen) atoms. The largest absolute Gasteiger partial charge is 0.489 e. The number of carbonyl (C=O) groups excluding carboxylic acids is 1. The Hall–Kier alpha value is -1.24. The van der Waals surface area contributed by atoms with Crippen LogP contribution in [0.2, 0.25) is 0 Å². The predicted octanol–water partition coefficient (Wildman–Crippen LogP) is 7.20. The second-order valence-corrected chi connectivity index (χ2v) is 12.1. The van der Waals surface area contributed by atoms with E-state index in [1.54, 1.807) is 0 Å². The predicted molar refractivity (Wildman–Crippen MR) is 156 cm³/mol. The lowest BCUT2D eigenvalue weighted by atomic mass is 10.0. The summed E-state index contributed by atoms with van der Waals surface area (Å²) in [5.41, 5.74) is 1.16. The number of hydrogen-bond acceptors (Lipinski definition) is 6. The number of rotatable bonds is 26. The Balaban J connectivity index is 2.26. The van der Waals surface area contributed by atoms with Crippen molar-refractivity contribution in [2.45, 2.75) is 103 Å². The van der Waals surface area contributed by atoms with Crippen LogP contribution in [0, 0.1) is 0 Å². The minimum absolute atomic E-state index is 0.0111. The van der Waals surface area contributed by atoms with Crippen molar-refractivity contribution in [2.75, 3.05) is 47.5 Å². The third-order valence-electron chi connectivity index (χ3n) is 6.49. The molecule has 0 aliphatic rings. The average Bonchev–Trinajstić information content (AvgIpc) is 2.89. The first-order valence-electron chi connectivity index (χ1n) is 14.7. The molecule has 0 aromatic heterocycles. The van der Waals surface area contributed by atoms with Crippen LogP contribution in [0.15, 0.2) is 24.3 Å². The van der Waals surface area contributed by atoms with Crippen LogP contribution >= 0.6 is 8.60 Å². The van der Waals surface area contributed by atoms with Crippen molar-refractivity contribution in [3.63, 3.8) is 0 Å². The highest BCUT2D eigenvalue weighted by Gasteiger charge is 2.17. The molecule has 0 spiro atoms. The van der Waals surface area contributed by atoms with Gasteiger partial charge in [-0.3, -0.25) is 4.79 Å². The van der Waals surface area contributed by atoms with Gasteiger partial charge >= 0.3 is 8.60 Å². The number of hydrogen-bond donors (Lipinski definition) is 1. The zero-order valence-electron chi connectivity index (χ0n) is 24.6. The van der Waals surface area contributed by atoms with Gasteiger partial charge in [-0.15, -0.1) is 0 Å². The molecule has 2 atom stereocenters. The molecule has 0 heterocycles. The van der Waals surface area contributed by atoms with Gasteiger partial charge in [-0.2, -0.15) is 0 Å². The second kappa shape index (κ2) is 22.6. The first-order chi connectivity index (χ1) is 18.4. The van der Waals surface area contributed by atoms with Crippen molar-refractivity contribution in [3.05, 3.63) is 29.8 Å². The van der Waals surface area contributed by atoms with Crippen LogP contribution in [-0.2, 0) is 25.0 Å². The average molecular weight is 557 g/mol. The van der Waals surface area contributed by atoms with Gasteiger partial charge < -0.3 is 27.9 Å².